The van der Waals surface area contributed by atoms with Gasteiger partial charge in [0.1, 0.15) is 5.75 Å². The number of para-hydroxylation sites is 1. The van der Waals surface area contributed by atoms with Crippen molar-refractivity contribution in [1.29, 1.82) is 0 Å². The molecule has 0 radical (unpaired) electrons. The second-order valence-corrected chi connectivity index (χ2v) is 7.50. The standard InChI is InChI=1S/C13H20O4S/c1-13(2,18(4,15)16)12(14)9-10-7-5-6-8-11(10)17-3/h5-8,12,14H,9H2,1-4H3. The second kappa shape index (κ2) is 5.28. The molecule has 0 fully saturated rings. The Hall–Kier alpha value is -1.07. The SMILES string of the molecule is COc1ccccc1CC(O)C(C)(C)S(C)(=O)=O. The van der Waals surface area contributed by atoms with Gasteiger partial charge in [0.2, 0.25) is 0 Å². The molecule has 5 heteroatoms. The van der Waals surface area contributed by atoms with E-state index in [1.54, 1.807) is 13.2 Å². The van der Waals surface area contributed by atoms with Crippen LogP contribution in [0.15, 0.2) is 24.3 Å². The molecule has 1 aromatic carbocycles. The third-order valence-electron chi connectivity index (χ3n) is 3.36. The van der Waals surface area contributed by atoms with Crippen molar-refractivity contribution in [2.24, 2.45) is 0 Å². The Morgan fingerprint density at radius 3 is 2.39 bits per heavy atom. The molecule has 0 aliphatic carbocycles. The lowest BCUT2D eigenvalue weighted by molar-refractivity contribution is 0.137. The highest BCUT2D eigenvalue weighted by Gasteiger charge is 2.38. The Bertz CT molecular complexity index is 505. The van der Waals surface area contributed by atoms with Gasteiger partial charge in [-0.15, -0.1) is 0 Å². The van der Waals surface area contributed by atoms with Crippen LogP contribution in [0.2, 0.25) is 0 Å². The molecule has 0 aliphatic rings. The molecule has 1 unspecified atom stereocenters. The molecule has 1 aromatic rings. The smallest absolute Gasteiger partial charge is 0.155 e. The third-order valence-corrected chi connectivity index (χ3v) is 5.55. The summed E-state index contributed by atoms with van der Waals surface area (Å²) < 4.78 is 27.3. The first-order valence-corrected chi connectivity index (χ1v) is 7.59. The number of hydrogen-bond donors (Lipinski definition) is 1. The van der Waals surface area contributed by atoms with Gasteiger partial charge in [-0.2, -0.15) is 0 Å². The minimum absolute atomic E-state index is 0.240. The van der Waals surface area contributed by atoms with E-state index in [1.807, 2.05) is 18.2 Å². The quantitative estimate of drug-likeness (QED) is 0.880. The molecule has 1 atom stereocenters. The van der Waals surface area contributed by atoms with Crippen molar-refractivity contribution in [3.63, 3.8) is 0 Å². The highest BCUT2D eigenvalue weighted by Crippen LogP contribution is 2.26. The zero-order valence-electron chi connectivity index (χ0n) is 11.2. The van der Waals surface area contributed by atoms with E-state index in [1.165, 1.54) is 13.8 Å². The minimum Gasteiger partial charge on any atom is -0.496 e. The van der Waals surface area contributed by atoms with Gasteiger partial charge in [-0.3, -0.25) is 0 Å². The Balaban J connectivity index is 2.98. The van der Waals surface area contributed by atoms with Crippen molar-refractivity contribution in [3.05, 3.63) is 29.8 Å². The number of aliphatic hydroxyl groups excluding tert-OH is 1. The molecule has 0 bridgehead atoms. The summed E-state index contributed by atoms with van der Waals surface area (Å²) >= 11 is 0. The van der Waals surface area contributed by atoms with Gasteiger partial charge in [0.25, 0.3) is 0 Å². The molecule has 1 rings (SSSR count). The minimum atomic E-state index is -3.33. The molecule has 4 nitrogen and oxygen atoms in total. The summed E-state index contributed by atoms with van der Waals surface area (Å²) in [5.74, 6) is 0.654. The van der Waals surface area contributed by atoms with E-state index in [0.717, 1.165) is 11.8 Å². The Kier molecular flexibility index (Phi) is 4.40. The number of rotatable bonds is 5. The first kappa shape index (κ1) is 15.0. The van der Waals surface area contributed by atoms with Crippen LogP contribution < -0.4 is 4.74 Å². The Labute approximate surface area is 109 Å². The van der Waals surface area contributed by atoms with Crippen molar-refractivity contribution < 1.29 is 18.3 Å². The van der Waals surface area contributed by atoms with E-state index in [0.29, 0.717) is 5.75 Å². The zero-order chi connectivity index (χ0) is 14.0. The fourth-order valence-electron chi connectivity index (χ4n) is 1.57. The average molecular weight is 272 g/mol. The Morgan fingerprint density at radius 1 is 1.33 bits per heavy atom. The summed E-state index contributed by atoms with van der Waals surface area (Å²) in [6.45, 7) is 3.06. The zero-order valence-corrected chi connectivity index (χ0v) is 12.0. The van der Waals surface area contributed by atoms with Crippen LogP contribution in [0.1, 0.15) is 19.4 Å². The van der Waals surface area contributed by atoms with E-state index in [4.69, 9.17) is 4.74 Å². The topological polar surface area (TPSA) is 63.6 Å². The summed E-state index contributed by atoms with van der Waals surface area (Å²) in [5.41, 5.74) is 0.796. The molecular weight excluding hydrogens is 252 g/mol. The highest BCUT2D eigenvalue weighted by atomic mass is 32.2. The van der Waals surface area contributed by atoms with Gasteiger partial charge in [-0.05, 0) is 25.5 Å². The first-order valence-electron chi connectivity index (χ1n) is 5.69. The lowest BCUT2D eigenvalue weighted by Gasteiger charge is -2.29. The van der Waals surface area contributed by atoms with E-state index >= 15 is 0 Å². The maximum absolute atomic E-state index is 11.6. The summed E-state index contributed by atoms with van der Waals surface area (Å²) in [6.07, 6.45) is 0.395. The van der Waals surface area contributed by atoms with Gasteiger partial charge in [-0.1, -0.05) is 18.2 Å². The largest absolute Gasteiger partial charge is 0.496 e. The average Bonchev–Trinajstić information content (AvgIpc) is 2.28. The number of sulfone groups is 1. The van der Waals surface area contributed by atoms with Crippen LogP contribution in [0.25, 0.3) is 0 Å². The van der Waals surface area contributed by atoms with Gasteiger partial charge in [0.05, 0.1) is 18.0 Å². The molecule has 0 spiro atoms. The molecule has 0 aliphatic heterocycles. The van der Waals surface area contributed by atoms with E-state index in [9.17, 15) is 13.5 Å². The monoisotopic (exact) mass is 272 g/mol. The van der Waals surface area contributed by atoms with Crippen LogP contribution in [0.4, 0.5) is 0 Å². The van der Waals surface area contributed by atoms with E-state index in [2.05, 4.69) is 0 Å². The highest BCUT2D eigenvalue weighted by molar-refractivity contribution is 7.92. The summed E-state index contributed by atoms with van der Waals surface area (Å²) in [6, 6.07) is 7.27. The lowest BCUT2D eigenvalue weighted by atomic mass is 9.98. The van der Waals surface area contributed by atoms with Gasteiger partial charge in [0, 0.05) is 12.7 Å². The number of methoxy groups -OCH3 is 1. The second-order valence-electron chi connectivity index (χ2n) is 4.91. The lowest BCUT2D eigenvalue weighted by Crippen LogP contribution is -2.44. The summed E-state index contributed by atoms with van der Waals surface area (Å²) in [5, 5.41) is 10.2. The van der Waals surface area contributed by atoms with Crippen LogP contribution in [0, 0.1) is 0 Å². The van der Waals surface area contributed by atoms with Crippen molar-refractivity contribution in [1.82, 2.24) is 0 Å². The van der Waals surface area contributed by atoms with Crippen LogP contribution in [0.5, 0.6) is 5.75 Å². The van der Waals surface area contributed by atoms with Gasteiger partial charge < -0.3 is 9.84 Å². The van der Waals surface area contributed by atoms with Crippen LogP contribution in [-0.2, 0) is 16.3 Å². The normalized spacial score (nSPS) is 14.3. The van der Waals surface area contributed by atoms with Crippen LogP contribution in [0.3, 0.4) is 0 Å². The Morgan fingerprint density at radius 2 is 1.89 bits per heavy atom. The number of aliphatic hydroxyl groups is 1. The fourth-order valence-corrected chi connectivity index (χ4v) is 2.15. The third kappa shape index (κ3) is 3.03. The number of benzene rings is 1. The van der Waals surface area contributed by atoms with Gasteiger partial charge in [-0.25, -0.2) is 8.42 Å². The van der Waals surface area contributed by atoms with Crippen LogP contribution >= 0.6 is 0 Å². The number of ether oxygens (including phenoxy) is 1. The van der Waals surface area contributed by atoms with Gasteiger partial charge in [0.15, 0.2) is 9.84 Å². The van der Waals surface area contributed by atoms with Crippen LogP contribution in [-0.4, -0.2) is 37.7 Å². The number of hydrogen-bond acceptors (Lipinski definition) is 4. The van der Waals surface area contributed by atoms with Crippen molar-refractivity contribution in [2.45, 2.75) is 31.1 Å². The fraction of sp³-hybridized carbons (Fsp3) is 0.538. The molecule has 1 N–H and O–H groups in total. The molecule has 0 saturated carbocycles. The predicted molar refractivity (Wildman–Crippen MR) is 71.6 cm³/mol. The van der Waals surface area contributed by atoms with Gasteiger partial charge >= 0.3 is 0 Å². The molecule has 0 heterocycles. The summed E-state index contributed by atoms with van der Waals surface area (Å²) in [7, 11) is -1.78. The molecular formula is C13H20O4S. The molecule has 0 aromatic heterocycles. The molecule has 0 saturated heterocycles. The van der Waals surface area contributed by atoms with Crippen molar-refractivity contribution in [2.75, 3.05) is 13.4 Å². The molecule has 0 amide bonds. The van der Waals surface area contributed by atoms with E-state index in [-0.39, 0.29) is 6.42 Å². The maximum atomic E-state index is 11.6. The predicted octanol–water partition coefficient (Wildman–Crippen LogP) is 1.42. The van der Waals surface area contributed by atoms with Crippen molar-refractivity contribution >= 4 is 9.84 Å². The summed E-state index contributed by atoms with van der Waals surface area (Å²) in [4.78, 5) is 0. The molecule has 18 heavy (non-hydrogen) atoms. The first-order chi connectivity index (χ1) is 8.20. The maximum Gasteiger partial charge on any atom is 0.155 e. The molecule has 102 valence electrons. The van der Waals surface area contributed by atoms with E-state index < -0.39 is 20.7 Å². The van der Waals surface area contributed by atoms with Crippen molar-refractivity contribution in [3.8, 4) is 5.75 Å².